The van der Waals surface area contributed by atoms with Gasteiger partial charge in [-0.1, -0.05) is 17.7 Å². The molecule has 1 unspecified atom stereocenters. The molecule has 0 radical (unpaired) electrons. The first kappa shape index (κ1) is 19.8. The molecule has 9 heteroatoms. The minimum Gasteiger partial charge on any atom is -0.327 e. The molecule has 6 rings (SSSR count). The van der Waals surface area contributed by atoms with Gasteiger partial charge in [-0.2, -0.15) is 10.1 Å². The number of fused-ring (bicyclic) bond motifs is 1. The summed E-state index contributed by atoms with van der Waals surface area (Å²) in [4.78, 5) is 19.9. The molecule has 4 aromatic rings. The average molecular weight is 443 g/mol. The van der Waals surface area contributed by atoms with Crippen LogP contribution in [0, 0.1) is 6.92 Å². The number of H-pyrrole nitrogens is 1. The van der Waals surface area contributed by atoms with Gasteiger partial charge in [0.2, 0.25) is 11.9 Å². The van der Waals surface area contributed by atoms with E-state index in [1.165, 1.54) is 12.8 Å². The summed E-state index contributed by atoms with van der Waals surface area (Å²) in [5.74, 6) is 2.49. The van der Waals surface area contributed by atoms with E-state index in [2.05, 4.69) is 20.8 Å². The summed E-state index contributed by atoms with van der Waals surface area (Å²) in [7, 11) is 0. The Kier molecular flexibility index (Phi) is 4.74. The third-order valence-corrected chi connectivity index (χ3v) is 6.37. The Labute approximate surface area is 191 Å². The molecule has 3 N–H and O–H groups in total. The van der Waals surface area contributed by atoms with Gasteiger partial charge in [0.15, 0.2) is 11.6 Å². The minimum atomic E-state index is -0.320. The van der Waals surface area contributed by atoms with Gasteiger partial charge in [-0.15, -0.1) is 5.10 Å². The number of aromatic nitrogens is 5. The summed E-state index contributed by atoms with van der Waals surface area (Å²) in [5, 5.41) is 18.6. The summed E-state index contributed by atoms with van der Waals surface area (Å²) in [6.45, 7) is 2.76. The first-order chi connectivity index (χ1) is 16.1. The van der Waals surface area contributed by atoms with Crippen molar-refractivity contribution in [2.24, 2.45) is 0 Å². The molecule has 33 heavy (non-hydrogen) atoms. The van der Waals surface area contributed by atoms with Gasteiger partial charge < -0.3 is 15.5 Å². The van der Waals surface area contributed by atoms with Crippen LogP contribution in [0.25, 0.3) is 5.52 Å². The molecule has 9 nitrogen and oxygen atoms in total. The van der Waals surface area contributed by atoms with Crippen LogP contribution in [0.1, 0.15) is 42.9 Å². The van der Waals surface area contributed by atoms with Gasteiger partial charge in [0.05, 0.1) is 0 Å². The third kappa shape index (κ3) is 3.90. The van der Waals surface area contributed by atoms with Gasteiger partial charge >= 0.3 is 0 Å². The number of benzene rings is 1. The molecular weight excluding hydrogens is 416 g/mol. The maximum absolute atomic E-state index is 13.1. The second-order valence-electron chi connectivity index (χ2n) is 8.91. The van der Waals surface area contributed by atoms with Crippen molar-refractivity contribution in [1.82, 2.24) is 24.8 Å². The largest absolute Gasteiger partial charge is 0.327 e. The highest BCUT2D eigenvalue weighted by atomic mass is 16.2. The average Bonchev–Trinajstić information content (AvgIpc) is 3.20. The molecule has 1 aliphatic carbocycles. The van der Waals surface area contributed by atoms with Crippen molar-refractivity contribution in [1.29, 1.82) is 0 Å². The first-order valence-electron chi connectivity index (χ1n) is 11.5. The Morgan fingerprint density at radius 1 is 1.15 bits per heavy atom. The number of hydrogen-bond acceptors (Lipinski definition) is 6. The van der Waals surface area contributed by atoms with Crippen molar-refractivity contribution in [2.45, 2.75) is 44.6 Å². The Morgan fingerprint density at radius 3 is 2.82 bits per heavy atom. The number of aromatic amines is 1. The number of rotatable bonds is 6. The molecule has 2 aliphatic rings. The predicted octanol–water partition coefficient (Wildman–Crippen LogP) is 3.99. The van der Waals surface area contributed by atoms with E-state index in [1.54, 1.807) is 4.52 Å². The molecule has 4 heterocycles. The summed E-state index contributed by atoms with van der Waals surface area (Å²) in [6.07, 6.45) is 5.99. The Balaban J connectivity index is 1.27. The highest BCUT2D eigenvalue weighted by Crippen LogP contribution is 2.39. The van der Waals surface area contributed by atoms with E-state index < -0.39 is 0 Å². The van der Waals surface area contributed by atoms with E-state index in [0.717, 1.165) is 47.7 Å². The standard InChI is InChI=1S/C24H26N8O/c1-15-6-10-17(11-7-15)25-23(33)20-5-2-12-31(20)24-27-22(19-4-3-13-32(19)30-24)26-21-14-18(28-29-21)16-8-9-16/h3-4,6-7,10-11,13-14,16,20H,2,5,8-9,12H2,1H3,(H,25,33)(H2,26,27,28,29,30). The lowest BCUT2D eigenvalue weighted by atomic mass is 10.2. The van der Waals surface area contributed by atoms with Crippen molar-refractivity contribution < 1.29 is 4.79 Å². The zero-order chi connectivity index (χ0) is 22.4. The predicted molar refractivity (Wildman–Crippen MR) is 127 cm³/mol. The molecular formula is C24H26N8O. The molecule has 1 saturated carbocycles. The Hall–Kier alpha value is -3.88. The zero-order valence-corrected chi connectivity index (χ0v) is 18.5. The van der Waals surface area contributed by atoms with E-state index in [-0.39, 0.29) is 11.9 Å². The fourth-order valence-corrected chi connectivity index (χ4v) is 4.40. The summed E-state index contributed by atoms with van der Waals surface area (Å²) in [6, 6.07) is 13.5. The van der Waals surface area contributed by atoms with Gasteiger partial charge in [-0.25, -0.2) is 4.52 Å². The van der Waals surface area contributed by atoms with Crippen molar-refractivity contribution in [2.75, 3.05) is 22.1 Å². The number of carbonyl (C=O) groups excluding carboxylic acids is 1. The number of nitrogens with one attached hydrogen (secondary N) is 3. The number of nitrogens with zero attached hydrogens (tertiary/aromatic N) is 5. The van der Waals surface area contributed by atoms with E-state index in [4.69, 9.17) is 10.1 Å². The van der Waals surface area contributed by atoms with Gasteiger partial charge in [-0.05, 0) is 56.9 Å². The molecule has 3 aromatic heterocycles. The molecule has 1 aliphatic heterocycles. The Bertz CT molecular complexity index is 1300. The van der Waals surface area contributed by atoms with Crippen LogP contribution in [0.15, 0.2) is 48.7 Å². The molecule has 1 aromatic carbocycles. The number of carbonyl (C=O) groups is 1. The van der Waals surface area contributed by atoms with Crippen molar-refractivity contribution in [3.63, 3.8) is 0 Å². The van der Waals surface area contributed by atoms with Crippen molar-refractivity contribution >= 4 is 34.7 Å². The topological polar surface area (TPSA) is 103 Å². The zero-order valence-electron chi connectivity index (χ0n) is 18.5. The molecule has 0 spiro atoms. The van der Waals surface area contributed by atoms with E-state index in [0.29, 0.717) is 17.7 Å². The van der Waals surface area contributed by atoms with Crippen LogP contribution in [0.2, 0.25) is 0 Å². The van der Waals surface area contributed by atoms with Crippen LogP contribution in [-0.4, -0.2) is 43.3 Å². The van der Waals surface area contributed by atoms with Crippen LogP contribution in [0.5, 0.6) is 0 Å². The maximum atomic E-state index is 13.1. The molecule has 1 atom stereocenters. The minimum absolute atomic E-state index is 0.0385. The lowest BCUT2D eigenvalue weighted by Crippen LogP contribution is -2.40. The summed E-state index contributed by atoms with van der Waals surface area (Å²) < 4.78 is 1.80. The fourth-order valence-electron chi connectivity index (χ4n) is 4.40. The molecule has 2 fully saturated rings. The van der Waals surface area contributed by atoms with E-state index in [9.17, 15) is 4.79 Å². The number of hydrogen-bond donors (Lipinski definition) is 3. The SMILES string of the molecule is Cc1ccc(NC(=O)C2CCCN2c2nc(Nc3cc(C4CC4)[nH]n3)c3cccn3n2)cc1. The molecule has 168 valence electrons. The van der Waals surface area contributed by atoms with Gasteiger partial charge in [0.1, 0.15) is 11.6 Å². The van der Waals surface area contributed by atoms with Gasteiger partial charge in [0.25, 0.3) is 0 Å². The monoisotopic (exact) mass is 442 g/mol. The highest BCUT2D eigenvalue weighted by molar-refractivity contribution is 5.97. The smallest absolute Gasteiger partial charge is 0.247 e. The Morgan fingerprint density at radius 2 is 2.00 bits per heavy atom. The maximum Gasteiger partial charge on any atom is 0.247 e. The van der Waals surface area contributed by atoms with Gasteiger partial charge in [-0.3, -0.25) is 9.89 Å². The van der Waals surface area contributed by atoms with Crippen LogP contribution >= 0.6 is 0 Å². The molecule has 0 bridgehead atoms. The normalized spacial score (nSPS) is 18.1. The number of aryl methyl sites for hydroxylation is 1. The van der Waals surface area contributed by atoms with Crippen LogP contribution in [0.3, 0.4) is 0 Å². The lowest BCUT2D eigenvalue weighted by molar-refractivity contribution is -0.117. The molecule has 1 saturated heterocycles. The summed E-state index contributed by atoms with van der Waals surface area (Å²) in [5.41, 5.74) is 3.97. The van der Waals surface area contributed by atoms with Gasteiger partial charge in [0, 0.05) is 36.1 Å². The second kappa shape index (κ2) is 7.91. The highest BCUT2D eigenvalue weighted by Gasteiger charge is 2.33. The van der Waals surface area contributed by atoms with Crippen molar-refractivity contribution in [3.05, 3.63) is 59.9 Å². The van der Waals surface area contributed by atoms with Crippen molar-refractivity contribution in [3.8, 4) is 0 Å². The van der Waals surface area contributed by atoms with E-state index >= 15 is 0 Å². The molecule has 1 amide bonds. The second-order valence-corrected chi connectivity index (χ2v) is 8.91. The first-order valence-corrected chi connectivity index (χ1v) is 11.5. The number of anilines is 4. The van der Waals surface area contributed by atoms with Crippen LogP contribution in [0.4, 0.5) is 23.3 Å². The summed E-state index contributed by atoms with van der Waals surface area (Å²) >= 11 is 0. The third-order valence-electron chi connectivity index (χ3n) is 6.37. The van der Waals surface area contributed by atoms with E-state index in [1.807, 2.05) is 60.5 Å². The lowest BCUT2D eigenvalue weighted by Gasteiger charge is -2.24. The number of amides is 1. The van der Waals surface area contributed by atoms with Crippen LogP contribution in [-0.2, 0) is 4.79 Å². The fraction of sp³-hybridized carbons (Fsp3) is 0.333. The van der Waals surface area contributed by atoms with Crippen LogP contribution < -0.4 is 15.5 Å². The quantitative estimate of drug-likeness (QED) is 0.417.